The number of hydrogen-bond donors (Lipinski definition) is 0. The Balaban J connectivity index is -0.000000430. The second kappa shape index (κ2) is 20.7. The van der Waals surface area contributed by atoms with Crippen LogP contribution >= 0.6 is 0 Å². The molecular formula is C24H27N2O9Ru. The summed E-state index contributed by atoms with van der Waals surface area (Å²) in [6, 6.07) is 10.1. The summed E-state index contributed by atoms with van der Waals surface area (Å²) in [7, 11) is 0. The number of aromatic nitrogens is 2. The van der Waals surface area contributed by atoms with Gasteiger partial charge in [0.05, 0.1) is 17.1 Å². The molecule has 0 N–H and O–H groups in total. The van der Waals surface area contributed by atoms with Crippen LogP contribution < -0.4 is 15.3 Å². The van der Waals surface area contributed by atoms with Crippen molar-refractivity contribution in [2.45, 2.75) is 53.9 Å². The summed E-state index contributed by atoms with van der Waals surface area (Å²) in [5.41, 5.74) is 4.03. The number of carbonyl (C=O) groups excluding carboxylic acids is 6. The van der Waals surface area contributed by atoms with Crippen LogP contribution in [0.4, 0.5) is 0 Å². The first-order valence-corrected chi connectivity index (χ1v) is 10.1. The van der Waals surface area contributed by atoms with Crippen molar-refractivity contribution in [3.8, 4) is 11.3 Å². The van der Waals surface area contributed by atoms with Gasteiger partial charge in [0.25, 0.3) is 0 Å². The van der Waals surface area contributed by atoms with E-state index in [1.54, 1.807) is 6.20 Å². The molecule has 12 heteroatoms. The van der Waals surface area contributed by atoms with Gasteiger partial charge in [-0.05, 0) is 34.6 Å². The summed E-state index contributed by atoms with van der Waals surface area (Å²) in [5, 5.41) is 28.4. The molecule has 11 nitrogen and oxygen atoms in total. The SMILES string of the molecule is CC(=O)CC(=O)[O-].CC(=O)CC(=O)[O-].CC(=O)CC(=O)[O-].Cc1cnc(-c2ccccc2)c(C)n1.[Ru+3]. The number of nitrogens with zero attached hydrogens (tertiary/aromatic N) is 2. The van der Waals surface area contributed by atoms with E-state index in [2.05, 4.69) is 9.97 Å². The number of carboxylic acid groups (broad SMARTS) is 3. The van der Waals surface area contributed by atoms with Crippen molar-refractivity contribution in [3.05, 3.63) is 47.9 Å². The number of carbonyl (C=O) groups is 6. The largest absolute Gasteiger partial charge is 3.00 e. The summed E-state index contributed by atoms with van der Waals surface area (Å²) >= 11 is 0. The minimum absolute atomic E-state index is 0. The number of carboxylic acids is 3. The molecule has 2 rings (SSSR count). The van der Waals surface area contributed by atoms with E-state index in [1.165, 1.54) is 20.8 Å². The fourth-order valence-corrected chi connectivity index (χ4v) is 2.09. The summed E-state index contributed by atoms with van der Waals surface area (Å²) in [6.07, 6.45) is 0.384. The zero-order valence-electron chi connectivity index (χ0n) is 20.5. The van der Waals surface area contributed by atoms with Crippen LogP contribution in [0.5, 0.6) is 0 Å². The fourth-order valence-electron chi connectivity index (χ4n) is 2.09. The molecule has 36 heavy (non-hydrogen) atoms. The van der Waals surface area contributed by atoms with Crippen molar-refractivity contribution in [2.24, 2.45) is 0 Å². The molecule has 0 aliphatic heterocycles. The monoisotopic (exact) mass is 589 g/mol. The summed E-state index contributed by atoms with van der Waals surface area (Å²) in [4.78, 5) is 66.7. The molecule has 0 fully saturated rings. The van der Waals surface area contributed by atoms with Crippen molar-refractivity contribution < 1.29 is 63.6 Å². The van der Waals surface area contributed by atoms with Crippen molar-refractivity contribution in [1.29, 1.82) is 0 Å². The van der Waals surface area contributed by atoms with Gasteiger partial charge in [-0.1, -0.05) is 30.3 Å². The maximum absolute atomic E-state index is 9.83. The Kier molecular flexibility index (Phi) is 21.2. The number of hydrogen-bond acceptors (Lipinski definition) is 11. The van der Waals surface area contributed by atoms with E-state index < -0.39 is 37.2 Å². The van der Waals surface area contributed by atoms with Gasteiger partial charge >= 0.3 is 19.5 Å². The molecule has 2 aromatic rings. The first-order valence-electron chi connectivity index (χ1n) is 10.1. The van der Waals surface area contributed by atoms with E-state index in [0.717, 1.165) is 22.6 Å². The van der Waals surface area contributed by atoms with Crippen LogP contribution in [-0.4, -0.2) is 45.2 Å². The van der Waals surface area contributed by atoms with Crippen molar-refractivity contribution >= 4 is 35.3 Å². The van der Waals surface area contributed by atoms with Crippen LogP contribution in [0.25, 0.3) is 11.3 Å². The van der Waals surface area contributed by atoms with E-state index in [1.807, 2.05) is 44.2 Å². The molecule has 1 radical (unpaired) electrons. The first-order chi connectivity index (χ1) is 16.1. The molecule has 0 saturated heterocycles. The Morgan fingerprint density at radius 1 is 0.694 bits per heavy atom. The van der Waals surface area contributed by atoms with E-state index in [4.69, 9.17) is 0 Å². The van der Waals surface area contributed by atoms with Gasteiger partial charge in [0.2, 0.25) is 0 Å². The summed E-state index contributed by atoms with van der Waals surface area (Å²) < 4.78 is 0. The molecular weight excluding hydrogens is 561 g/mol. The van der Waals surface area contributed by atoms with Gasteiger partial charge < -0.3 is 29.7 Å². The maximum atomic E-state index is 9.83. The van der Waals surface area contributed by atoms with Gasteiger partial charge in [-0.25, -0.2) is 0 Å². The Morgan fingerprint density at radius 3 is 1.31 bits per heavy atom. The number of aliphatic carboxylic acids is 3. The molecule has 195 valence electrons. The first kappa shape index (κ1) is 36.9. The predicted molar refractivity (Wildman–Crippen MR) is 118 cm³/mol. The van der Waals surface area contributed by atoms with Crippen LogP contribution in [0.3, 0.4) is 0 Å². The van der Waals surface area contributed by atoms with E-state index >= 15 is 0 Å². The van der Waals surface area contributed by atoms with Crippen LogP contribution in [0.15, 0.2) is 36.5 Å². The van der Waals surface area contributed by atoms with Crippen molar-refractivity contribution in [2.75, 3.05) is 0 Å². The third-order valence-corrected chi connectivity index (χ3v) is 3.29. The average Bonchev–Trinajstić information content (AvgIpc) is 2.67. The third-order valence-electron chi connectivity index (χ3n) is 3.29. The standard InChI is InChI=1S/C12H12N2.3C4H6O3.Ru/c1-9-8-13-12(10(2)14-9)11-6-4-3-5-7-11;3*1-3(5)2-4(6)7;/h3-8H,1-2H3;3*2H2,1H3,(H,6,7);/q;;;;+3/p-3. The smallest absolute Gasteiger partial charge is 0.550 e. The molecule has 0 atom stereocenters. The van der Waals surface area contributed by atoms with Gasteiger partial charge in [-0.15, -0.1) is 0 Å². The normalized spacial score (nSPS) is 8.69. The number of Topliss-reactive ketones (excluding diaryl/α,β-unsaturated/α-hetero) is 3. The molecule has 1 aromatic carbocycles. The van der Waals surface area contributed by atoms with Gasteiger partial charge in [0, 0.05) is 48.9 Å². The molecule has 0 unspecified atom stereocenters. The molecule has 0 spiro atoms. The minimum Gasteiger partial charge on any atom is -0.550 e. The second-order valence-corrected chi connectivity index (χ2v) is 7.06. The molecule has 0 aliphatic carbocycles. The molecule has 1 heterocycles. The Morgan fingerprint density at radius 2 is 1.06 bits per heavy atom. The van der Waals surface area contributed by atoms with E-state index in [9.17, 15) is 44.1 Å². The predicted octanol–water partition coefficient (Wildman–Crippen LogP) is -1.10. The van der Waals surface area contributed by atoms with Gasteiger partial charge in [-0.3, -0.25) is 24.4 Å². The van der Waals surface area contributed by atoms with Crippen LogP contribution in [0.2, 0.25) is 0 Å². The van der Waals surface area contributed by atoms with Crippen LogP contribution in [0, 0.1) is 13.8 Å². The van der Waals surface area contributed by atoms with Gasteiger partial charge in [0.1, 0.15) is 17.3 Å². The topological polar surface area (TPSA) is 197 Å². The van der Waals surface area contributed by atoms with Crippen LogP contribution in [-0.2, 0) is 48.2 Å². The molecule has 0 amide bonds. The fraction of sp³-hybridized carbons (Fsp3) is 0.333. The quantitative estimate of drug-likeness (QED) is 0.281. The summed E-state index contributed by atoms with van der Waals surface area (Å²) in [5.74, 6) is -5.06. The number of aryl methyl sites for hydroxylation is 2. The number of ketones is 3. The molecule has 0 saturated carbocycles. The Labute approximate surface area is 221 Å². The number of benzene rings is 1. The van der Waals surface area contributed by atoms with Crippen molar-refractivity contribution in [3.63, 3.8) is 0 Å². The Bertz CT molecular complexity index is 928. The average molecular weight is 589 g/mol. The van der Waals surface area contributed by atoms with Crippen LogP contribution in [0.1, 0.15) is 51.4 Å². The molecule has 1 aromatic heterocycles. The molecule has 0 aliphatic rings. The van der Waals surface area contributed by atoms with Gasteiger partial charge in [-0.2, -0.15) is 0 Å². The van der Waals surface area contributed by atoms with Crippen molar-refractivity contribution in [1.82, 2.24) is 9.97 Å². The minimum atomic E-state index is -1.31. The Hall–Kier alpha value is -3.66. The third kappa shape index (κ3) is 23.5. The molecule has 0 bridgehead atoms. The zero-order chi connectivity index (χ0) is 27.6. The maximum Gasteiger partial charge on any atom is 3.00 e. The number of rotatable bonds is 7. The van der Waals surface area contributed by atoms with E-state index in [-0.39, 0.29) is 36.8 Å². The van der Waals surface area contributed by atoms with E-state index in [0.29, 0.717) is 0 Å². The zero-order valence-corrected chi connectivity index (χ0v) is 22.2. The summed E-state index contributed by atoms with van der Waals surface area (Å²) in [6.45, 7) is 7.55. The van der Waals surface area contributed by atoms with Gasteiger partial charge in [0.15, 0.2) is 0 Å². The second-order valence-electron chi connectivity index (χ2n) is 7.06.